The Morgan fingerprint density at radius 2 is 1.95 bits per heavy atom. The van der Waals surface area contributed by atoms with Gasteiger partial charge in [0, 0.05) is 12.0 Å². The molecule has 21 heavy (non-hydrogen) atoms. The van der Waals surface area contributed by atoms with Crippen LogP contribution < -0.4 is 0 Å². The van der Waals surface area contributed by atoms with Crippen LogP contribution in [0.4, 0.5) is 4.39 Å². The Hall–Kier alpha value is -1.91. The van der Waals surface area contributed by atoms with E-state index < -0.39 is 5.97 Å². The number of halogens is 1. The Bertz CT molecular complexity index is 502. The molecule has 1 atom stereocenters. The molecule has 1 aromatic carbocycles. The maximum absolute atomic E-state index is 13.1. The van der Waals surface area contributed by atoms with E-state index in [0.29, 0.717) is 12.8 Å². The normalized spacial score (nSPS) is 12.2. The monoisotopic (exact) mass is 295 g/mol. The highest BCUT2D eigenvalue weighted by Crippen LogP contribution is 2.15. The van der Waals surface area contributed by atoms with Crippen LogP contribution >= 0.6 is 0 Å². The molecule has 0 aromatic heterocycles. The lowest BCUT2D eigenvalue weighted by Crippen LogP contribution is -2.43. The topological polar surface area (TPSA) is 57.6 Å². The van der Waals surface area contributed by atoms with Crippen LogP contribution in [0.2, 0.25) is 0 Å². The first-order chi connectivity index (χ1) is 9.81. The molecule has 116 valence electrons. The fourth-order valence-corrected chi connectivity index (χ4v) is 2.14. The second-order valence-corrected chi connectivity index (χ2v) is 5.52. The van der Waals surface area contributed by atoms with Crippen LogP contribution in [0, 0.1) is 11.7 Å². The van der Waals surface area contributed by atoms with E-state index in [9.17, 15) is 14.0 Å². The molecule has 0 spiro atoms. The smallest absolute Gasteiger partial charge is 0.323 e. The fourth-order valence-electron chi connectivity index (χ4n) is 2.14. The highest BCUT2D eigenvalue weighted by Gasteiger charge is 2.24. The Kier molecular flexibility index (Phi) is 6.34. The zero-order valence-electron chi connectivity index (χ0n) is 12.7. The minimum Gasteiger partial charge on any atom is -0.480 e. The van der Waals surface area contributed by atoms with E-state index in [1.54, 1.807) is 26.8 Å². The highest BCUT2D eigenvalue weighted by atomic mass is 19.1. The zero-order chi connectivity index (χ0) is 16.0. The molecule has 1 amide bonds. The number of hydrogen-bond acceptors (Lipinski definition) is 2. The summed E-state index contributed by atoms with van der Waals surface area (Å²) in [5, 5.41) is 8.87. The van der Waals surface area contributed by atoms with Crippen LogP contribution in [0.25, 0.3) is 0 Å². The van der Waals surface area contributed by atoms with Gasteiger partial charge in [-0.2, -0.15) is 0 Å². The van der Waals surface area contributed by atoms with Gasteiger partial charge in [0.1, 0.15) is 12.4 Å². The predicted octanol–water partition coefficient (Wildman–Crippen LogP) is 2.72. The summed E-state index contributed by atoms with van der Waals surface area (Å²) in [5.74, 6) is -1.78. The number of carboxylic acid groups (broad SMARTS) is 1. The van der Waals surface area contributed by atoms with Crippen molar-refractivity contribution in [2.24, 2.45) is 5.92 Å². The van der Waals surface area contributed by atoms with Gasteiger partial charge in [0.2, 0.25) is 5.91 Å². The molecule has 0 heterocycles. The lowest BCUT2D eigenvalue weighted by atomic mass is 9.99. The summed E-state index contributed by atoms with van der Waals surface area (Å²) in [6.45, 7) is 5.07. The van der Waals surface area contributed by atoms with E-state index in [4.69, 9.17) is 5.11 Å². The molecule has 1 aromatic rings. The maximum Gasteiger partial charge on any atom is 0.323 e. The van der Waals surface area contributed by atoms with E-state index >= 15 is 0 Å². The van der Waals surface area contributed by atoms with Crippen molar-refractivity contribution in [3.63, 3.8) is 0 Å². The Labute approximate surface area is 124 Å². The molecule has 1 rings (SSSR count). The highest BCUT2D eigenvalue weighted by molar-refractivity contribution is 5.83. The summed E-state index contributed by atoms with van der Waals surface area (Å²) in [6, 6.07) is 6.13. The summed E-state index contributed by atoms with van der Waals surface area (Å²) in [4.78, 5) is 24.5. The van der Waals surface area contributed by atoms with Crippen molar-refractivity contribution in [3.8, 4) is 0 Å². The van der Waals surface area contributed by atoms with Gasteiger partial charge in [-0.25, -0.2) is 4.39 Å². The third-order valence-electron chi connectivity index (χ3n) is 3.39. The van der Waals surface area contributed by atoms with Gasteiger partial charge < -0.3 is 10.0 Å². The van der Waals surface area contributed by atoms with E-state index in [2.05, 4.69) is 0 Å². The van der Waals surface area contributed by atoms with E-state index in [0.717, 1.165) is 5.56 Å². The van der Waals surface area contributed by atoms with Gasteiger partial charge in [-0.3, -0.25) is 9.59 Å². The Morgan fingerprint density at radius 1 is 1.29 bits per heavy atom. The minimum absolute atomic E-state index is 0.162. The molecule has 1 unspecified atom stereocenters. The van der Waals surface area contributed by atoms with Gasteiger partial charge in [-0.1, -0.05) is 19.1 Å². The number of carbonyl (C=O) groups excluding carboxylic acids is 1. The van der Waals surface area contributed by atoms with E-state index in [1.165, 1.54) is 17.0 Å². The number of amides is 1. The number of carbonyl (C=O) groups is 2. The van der Waals surface area contributed by atoms with Crippen molar-refractivity contribution in [2.75, 3.05) is 6.54 Å². The Balaban J connectivity index is 2.62. The molecule has 0 aliphatic carbocycles. The van der Waals surface area contributed by atoms with Gasteiger partial charge in [-0.05, 0) is 44.4 Å². The average molecular weight is 295 g/mol. The number of nitrogens with zero attached hydrogens (tertiary/aromatic N) is 1. The maximum atomic E-state index is 13.1. The van der Waals surface area contributed by atoms with Crippen molar-refractivity contribution in [2.45, 2.75) is 39.7 Å². The van der Waals surface area contributed by atoms with Crippen molar-refractivity contribution >= 4 is 11.9 Å². The number of aryl methyl sites for hydroxylation is 1. The van der Waals surface area contributed by atoms with Gasteiger partial charge in [0.05, 0.1) is 0 Å². The van der Waals surface area contributed by atoms with Crippen molar-refractivity contribution in [1.29, 1.82) is 0 Å². The first-order valence-corrected chi connectivity index (χ1v) is 7.08. The molecule has 5 heteroatoms. The summed E-state index contributed by atoms with van der Waals surface area (Å²) in [7, 11) is 0. The SMILES string of the molecule is CC(CCc1cccc(F)c1)C(=O)N(CC(=O)O)C(C)C. The molecular weight excluding hydrogens is 273 g/mol. The third-order valence-corrected chi connectivity index (χ3v) is 3.39. The van der Waals surface area contributed by atoms with Crippen LogP contribution in [0.15, 0.2) is 24.3 Å². The van der Waals surface area contributed by atoms with Crippen LogP contribution in [-0.4, -0.2) is 34.5 Å². The molecule has 0 radical (unpaired) electrons. The van der Waals surface area contributed by atoms with Gasteiger partial charge in [0.15, 0.2) is 0 Å². The molecule has 0 saturated heterocycles. The van der Waals surface area contributed by atoms with E-state index in [1.807, 2.05) is 6.07 Å². The lowest BCUT2D eigenvalue weighted by Gasteiger charge is -2.27. The minimum atomic E-state index is -1.02. The summed E-state index contributed by atoms with van der Waals surface area (Å²) in [5.41, 5.74) is 0.837. The Morgan fingerprint density at radius 3 is 2.48 bits per heavy atom. The number of aliphatic carboxylic acids is 1. The number of hydrogen-bond donors (Lipinski definition) is 1. The molecule has 4 nitrogen and oxygen atoms in total. The average Bonchev–Trinajstić information content (AvgIpc) is 2.41. The van der Waals surface area contributed by atoms with Crippen LogP contribution in [0.5, 0.6) is 0 Å². The number of carboxylic acids is 1. The second kappa shape index (κ2) is 7.76. The standard InChI is InChI=1S/C16H22FNO3/c1-11(2)18(10-15(19)20)16(21)12(3)7-8-13-5-4-6-14(17)9-13/h4-6,9,11-12H,7-8,10H2,1-3H3,(H,19,20). The lowest BCUT2D eigenvalue weighted by molar-refractivity contribution is -0.147. The van der Waals surface area contributed by atoms with Crippen LogP contribution in [0.1, 0.15) is 32.8 Å². The fraction of sp³-hybridized carbons (Fsp3) is 0.500. The zero-order valence-corrected chi connectivity index (χ0v) is 12.7. The molecule has 0 fully saturated rings. The van der Waals surface area contributed by atoms with Crippen molar-refractivity contribution < 1.29 is 19.1 Å². The molecule has 0 saturated carbocycles. The van der Waals surface area contributed by atoms with Crippen molar-refractivity contribution in [1.82, 2.24) is 4.90 Å². The quantitative estimate of drug-likeness (QED) is 0.841. The molecule has 0 bridgehead atoms. The summed E-state index contributed by atoms with van der Waals surface area (Å²) >= 11 is 0. The largest absolute Gasteiger partial charge is 0.480 e. The molecule has 0 aliphatic heterocycles. The number of benzene rings is 1. The molecule has 0 aliphatic rings. The number of rotatable bonds is 7. The van der Waals surface area contributed by atoms with E-state index in [-0.39, 0.29) is 30.2 Å². The predicted molar refractivity (Wildman–Crippen MR) is 78.4 cm³/mol. The third kappa shape index (κ3) is 5.53. The van der Waals surface area contributed by atoms with Gasteiger partial charge in [-0.15, -0.1) is 0 Å². The first kappa shape index (κ1) is 17.1. The summed E-state index contributed by atoms with van der Waals surface area (Å²) in [6.07, 6.45) is 1.15. The van der Waals surface area contributed by atoms with Crippen LogP contribution in [0.3, 0.4) is 0 Å². The van der Waals surface area contributed by atoms with Gasteiger partial charge >= 0.3 is 5.97 Å². The van der Waals surface area contributed by atoms with Crippen LogP contribution in [-0.2, 0) is 16.0 Å². The second-order valence-electron chi connectivity index (χ2n) is 5.52. The van der Waals surface area contributed by atoms with Crippen molar-refractivity contribution in [3.05, 3.63) is 35.6 Å². The molecular formula is C16H22FNO3. The first-order valence-electron chi connectivity index (χ1n) is 7.08. The van der Waals surface area contributed by atoms with Gasteiger partial charge in [0.25, 0.3) is 0 Å². The summed E-state index contributed by atoms with van der Waals surface area (Å²) < 4.78 is 13.1. The molecule has 1 N–H and O–H groups in total.